The smallest absolute Gasteiger partial charge is 0.0340 e. The molecule has 2 N–H and O–H groups in total. The lowest BCUT2D eigenvalue weighted by molar-refractivity contribution is 0.435. The van der Waals surface area contributed by atoms with E-state index in [2.05, 4.69) is 69.5 Å². The van der Waals surface area contributed by atoms with Gasteiger partial charge in [-0.2, -0.15) is 0 Å². The van der Waals surface area contributed by atoms with Crippen LogP contribution in [0.25, 0.3) is 0 Å². The van der Waals surface area contributed by atoms with Gasteiger partial charge in [0, 0.05) is 24.3 Å². The van der Waals surface area contributed by atoms with Crippen LogP contribution in [0.4, 0.5) is 5.69 Å². The van der Waals surface area contributed by atoms with Gasteiger partial charge in [0.05, 0.1) is 0 Å². The Bertz CT molecular complexity index is 335. The largest absolute Gasteiger partial charge is 0.384 e. The number of benzene rings is 1. The Hall–Kier alpha value is -1.02. The Morgan fingerprint density at radius 3 is 2.17 bits per heavy atom. The fourth-order valence-electron chi connectivity index (χ4n) is 1.81. The summed E-state index contributed by atoms with van der Waals surface area (Å²) in [6, 6.07) is 8.82. The van der Waals surface area contributed by atoms with Crippen LogP contribution in [0.2, 0.25) is 0 Å². The number of anilines is 1. The molecular weight excluding hydrogens is 220 g/mol. The third-order valence-corrected chi connectivity index (χ3v) is 3.20. The van der Waals surface area contributed by atoms with Crippen LogP contribution >= 0.6 is 0 Å². The van der Waals surface area contributed by atoms with E-state index in [4.69, 9.17) is 0 Å². The van der Waals surface area contributed by atoms with Crippen molar-refractivity contribution >= 4 is 5.69 Å². The van der Waals surface area contributed by atoms with Crippen LogP contribution in [-0.2, 0) is 0 Å². The molecule has 0 fully saturated rings. The molecule has 1 atom stereocenters. The molecule has 0 heterocycles. The molecule has 0 aromatic heterocycles. The minimum absolute atomic E-state index is 0.197. The van der Waals surface area contributed by atoms with Crippen LogP contribution in [0.1, 0.15) is 52.5 Å². The highest BCUT2D eigenvalue weighted by atomic mass is 15.0. The van der Waals surface area contributed by atoms with Crippen LogP contribution in [0.15, 0.2) is 24.3 Å². The second-order valence-electron chi connectivity index (χ2n) is 6.03. The van der Waals surface area contributed by atoms with E-state index in [9.17, 15) is 0 Å². The van der Waals surface area contributed by atoms with Crippen LogP contribution in [0.3, 0.4) is 0 Å². The van der Waals surface area contributed by atoms with Crippen molar-refractivity contribution in [1.29, 1.82) is 0 Å². The van der Waals surface area contributed by atoms with Crippen LogP contribution < -0.4 is 10.6 Å². The second-order valence-corrected chi connectivity index (χ2v) is 6.03. The van der Waals surface area contributed by atoms with Crippen molar-refractivity contribution in [2.24, 2.45) is 0 Å². The molecule has 0 radical (unpaired) electrons. The first kappa shape index (κ1) is 15.0. The van der Waals surface area contributed by atoms with E-state index in [1.165, 1.54) is 17.7 Å². The van der Waals surface area contributed by atoms with Gasteiger partial charge in [-0.15, -0.1) is 0 Å². The molecular formula is C16H28N2. The first-order valence-electron chi connectivity index (χ1n) is 7.01. The summed E-state index contributed by atoms with van der Waals surface area (Å²) < 4.78 is 0. The van der Waals surface area contributed by atoms with Crippen molar-refractivity contribution in [2.45, 2.75) is 52.5 Å². The lowest BCUT2D eigenvalue weighted by Crippen LogP contribution is -2.38. The maximum absolute atomic E-state index is 3.47. The van der Waals surface area contributed by atoms with Gasteiger partial charge < -0.3 is 10.6 Å². The van der Waals surface area contributed by atoms with Gasteiger partial charge in [0.25, 0.3) is 0 Å². The van der Waals surface area contributed by atoms with Crippen molar-refractivity contribution in [3.63, 3.8) is 0 Å². The van der Waals surface area contributed by atoms with Gasteiger partial charge in [-0.3, -0.25) is 0 Å². The Morgan fingerprint density at radius 1 is 1.06 bits per heavy atom. The summed E-state index contributed by atoms with van der Waals surface area (Å²) in [4.78, 5) is 0. The number of hydrogen-bond acceptors (Lipinski definition) is 2. The normalized spacial score (nSPS) is 13.4. The molecule has 18 heavy (non-hydrogen) atoms. The fraction of sp³-hybridized carbons (Fsp3) is 0.625. The molecule has 0 aliphatic heterocycles. The summed E-state index contributed by atoms with van der Waals surface area (Å²) in [5.74, 6) is 0.654. The van der Waals surface area contributed by atoms with E-state index in [-0.39, 0.29) is 5.54 Å². The Morgan fingerprint density at radius 2 is 1.67 bits per heavy atom. The van der Waals surface area contributed by atoms with Gasteiger partial charge in [0.15, 0.2) is 0 Å². The summed E-state index contributed by atoms with van der Waals surface area (Å²) in [6.07, 6.45) is 1.20. The zero-order chi connectivity index (χ0) is 13.6. The van der Waals surface area contributed by atoms with Crippen molar-refractivity contribution in [3.05, 3.63) is 29.8 Å². The van der Waals surface area contributed by atoms with Crippen molar-refractivity contribution in [2.75, 3.05) is 18.4 Å². The lowest BCUT2D eigenvalue weighted by atomic mass is 9.99. The molecule has 102 valence electrons. The highest BCUT2D eigenvalue weighted by Gasteiger charge is 2.07. The second kappa shape index (κ2) is 6.79. The zero-order valence-corrected chi connectivity index (χ0v) is 12.5. The number of hydrogen-bond donors (Lipinski definition) is 2. The lowest BCUT2D eigenvalue weighted by Gasteiger charge is -2.20. The average molecular weight is 248 g/mol. The fourth-order valence-corrected chi connectivity index (χ4v) is 1.81. The number of rotatable bonds is 6. The Labute approximate surface area is 112 Å². The Kier molecular flexibility index (Phi) is 5.67. The molecule has 2 nitrogen and oxygen atoms in total. The molecule has 0 aliphatic carbocycles. The summed E-state index contributed by atoms with van der Waals surface area (Å²) in [7, 11) is 0. The minimum atomic E-state index is 0.197. The van der Waals surface area contributed by atoms with E-state index in [0.717, 1.165) is 13.1 Å². The molecule has 0 aliphatic rings. The summed E-state index contributed by atoms with van der Waals surface area (Å²) in [5.41, 5.74) is 2.83. The van der Waals surface area contributed by atoms with E-state index < -0.39 is 0 Å². The summed E-state index contributed by atoms with van der Waals surface area (Å²) >= 11 is 0. The van der Waals surface area contributed by atoms with Gasteiger partial charge in [0.2, 0.25) is 0 Å². The topological polar surface area (TPSA) is 24.1 Å². The van der Waals surface area contributed by atoms with Gasteiger partial charge in [-0.1, -0.05) is 26.0 Å². The monoisotopic (exact) mass is 248 g/mol. The van der Waals surface area contributed by atoms with Crippen molar-refractivity contribution in [1.82, 2.24) is 5.32 Å². The third kappa shape index (κ3) is 5.54. The standard InChI is InChI=1S/C16H28N2/c1-6-13(2)14-7-9-15(10-8-14)17-11-12-18-16(3,4)5/h7-10,13,17-18H,6,11-12H2,1-5H3. The van der Waals surface area contributed by atoms with Crippen LogP contribution in [0, 0.1) is 0 Å². The molecule has 1 aromatic carbocycles. The molecule has 0 bridgehead atoms. The third-order valence-electron chi connectivity index (χ3n) is 3.20. The van der Waals surface area contributed by atoms with Gasteiger partial charge in [0.1, 0.15) is 0 Å². The minimum Gasteiger partial charge on any atom is -0.384 e. The van der Waals surface area contributed by atoms with Crippen molar-refractivity contribution in [3.8, 4) is 0 Å². The predicted octanol–water partition coefficient (Wildman–Crippen LogP) is 4.00. The number of nitrogens with one attached hydrogen (secondary N) is 2. The Balaban J connectivity index is 2.35. The molecule has 2 heteroatoms. The predicted molar refractivity (Wildman–Crippen MR) is 81.4 cm³/mol. The highest BCUT2D eigenvalue weighted by Crippen LogP contribution is 2.20. The van der Waals surface area contributed by atoms with E-state index >= 15 is 0 Å². The molecule has 0 amide bonds. The zero-order valence-electron chi connectivity index (χ0n) is 12.5. The first-order chi connectivity index (χ1) is 8.42. The van der Waals surface area contributed by atoms with Gasteiger partial charge in [-0.25, -0.2) is 0 Å². The molecule has 1 unspecified atom stereocenters. The SMILES string of the molecule is CCC(C)c1ccc(NCCNC(C)(C)C)cc1. The summed E-state index contributed by atoms with van der Waals surface area (Å²) in [6.45, 7) is 13.0. The molecule has 0 spiro atoms. The van der Waals surface area contributed by atoms with Crippen LogP contribution in [-0.4, -0.2) is 18.6 Å². The van der Waals surface area contributed by atoms with Crippen LogP contribution in [0.5, 0.6) is 0 Å². The molecule has 1 aromatic rings. The summed E-state index contributed by atoms with van der Waals surface area (Å²) in [5, 5.41) is 6.91. The van der Waals surface area contributed by atoms with Gasteiger partial charge >= 0.3 is 0 Å². The van der Waals surface area contributed by atoms with Crippen molar-refractivity contribution < 1.29 is 0 Å². The quantitative estimate of drug-likeness (QED) is 0.744. The molecule has 0 saturated carbocycles. The van der Waals surface area contributed by atoms with E-state index in [1.807, 2.05) is 0 Å². The van der Waals surface area contributed by atoms with Gasteiger partial charge in [-0.05, 0) is 50.8 Å². The highest BCUT2D eigenvalue weighted by molar-refractivity contribution is 5.45. The maximum Gasteiger partial charge on any atom is 0.0340 e. The van der Waals surface area contributed by atoms with E-state index in [1.54, 1.807) is 0 Å². The first-order valence-corrected chi connectivity index (χ1v) is 7.01. The molecule has 1 rings (SSSR count). The average Bonchev–Trinajstić information content (AvgIpc) is 2.33. The van der Waals surface area contributed by atoms with E-state index in [0.29, 0.717) is 5.92 Å². The molecule has 0 saturated heterocycles. The maximum atomic E-state index is 3.47.